The first-order valence-corrected chi connectivity index (χ1v) is 5.03. The summed E-state index contributed by atoms with van der Waals surface area (Å²) in [4.78, 5) is 13.0. The molecule has 1 rings (SSSR count). The van der Waals surface area contributed by atoms with E-state index in [0.717, 1.165) is 39.4 Å². The van der Waals surface area contributed by atoms with E-state index in [4.69, 9.17) is 10.5 Å². The fraction of sp³-hybridized carbons (Fsp3) is 0.889. The summed E-state index contributed by atoms with van der Waals surface area (Å²) in [6.07, 6.45) is 0. The molecule has 0 aromatic rings. The molecule has 1 fully saturated rings. The van der Waals surface area contributed by atoms with Crippen molar-refractivity contribution in [2.45, 2.75) is 13.0 Å². The minimum atomic E-state index is -0.299. The summed E-state index contributed by atoms with van der Waals surface area (Å²) in [5.74, 6) is -0.299. The van der Waals surface area contributed by atoms with Gasteiger partial charge in [-0.15, -0.1) is 0 Å². The standard InChI is InChI=1S/C9H19N3O2/c1-8(9(10)13)11-2-3-12-4-6-14-7-5-12/h8,11H,2-7H2,1H3,(H2,10,13)/t8-/m1/s1. The maximum Gasteiger partial charge on any atom is 0.234 e. The number of rotatable bonds is 5. The lowest BCUT2D eigenvalue weighted by Gasteiger charge is -2.26. The number of morpholine rings is 1. The van der Waals surface area contributed by atoms with Gasteiger partial charge in [0.05, 0.1) is 19.3 Å². The Morgan fingerprint density at radius 3 is 2.79 bits per heavy atom. The third-order valence-electron chi connectivity index (χ3n) is 2.41. The Morgan fingerprint density at radius 1 is 1.57 bits per heavy atom. The summed E-state index contributed by atoms with van der Waals surface area (Å²) in [5.41, 5.74) is 5.12. The fourth-order valence-electron chi connectivity index (χ4n) is 1.36. The van der Waals surface area contributed by atoms with E-state index in [1.54, 1.807) is 6.92 Å². The van der Waals surface area contributed by atoms with Crippen LogP contribution in [-0.4, -0.2) is 56.2 Å². The van der Waals surface area contributed by atoms with Crippen LogP contribution in [0.25, 0.3) is 0 Å². The lowest BCUT2D eigenvalue weighted by molar-refractivity contribution is -0.119. The van der Waals surface area contributed by atoms with Gasteiger partial charge >= 0.3 is 0 Å². The van der Waals surface area contributed by atoms with Gasteiger partial charge in [0.25, 0.3) is 0 Å². The second-order valence-electron chi connectivity index (χ2n) is 3.53. The molecule has 14 heavy (non-hydrogen) atoms. The summed E-state index contributed by atoms with van der Waals surface area (Å²) < 4.78 is 5.23. The number of ether oxygens (including phenoxy) is 1. The molecule has 1 saturated heterocycles. The van der Waals surface area contributed by atoms with Gasteiger partial charge in [-0.25, -0.2) is 0 Å². The van der Waals surface area contributed by atoms with Gasteiger partial charge in [0.2, 0.25) is 5.91 Å². The molecule has 0 aliphatic carbocycles. The lowest BCUT2D eigenvalue weighted by atomic mass is 10.3. The summed E-state index contributed by atoms with van der Waals surface area (Å²) in [6, 6.07) is -0.240. The van der Waals surface area contributed by atoms with E-state index in [1.807, 2.05) is 0 Å². The van der Waals surface area contributed by atoms with Crippen LogP contribution >= 0.6 is 0 Å². The van der Waals surface area contributed by atoms with E-state index in [1.165, 1.54) is 0 Å². The Kier molecular flexibility index (Phi) is 4.86. The number of nitrogens with one attached hydrogen (secondary N) is 1. The van der Waals surface area contributed by atoms with E-state index >= 15 is 0 Å². The summed E-state index contributed by atoms with van der Waals surface area (Å²) in [5, 5.41) is 3.07. The smallest absolute Gasteiger partial charge is 0.234 e. The number of hydrogen-bond acceptors (Lipinski definition) is 4. The Balaban J connectivity index is 2.05. The molecule has 0 unspecified atom stereocenters. The molecule has 82 valence electrons. The minimum Gasteiger partial charge on any atom is -0.379 e. The maximum absolute atomic E-state index is 10.7. The number of carbonyl (C=O) groups excluding carboxylic acids is 1. The van der Waals surface area contributed by atoms with Crippen LogP contribution in [0.1, 0.15) is 6.92 Å². The topological polar surface area (TPSA) is 67.6 Å². The van der Waals surface area contributed by atoms with Crippen molar-refractivity contribution < 1.29 is 9.53 Å². The monoisotopic (exact) mass is 201 g/mol. The highest BCUT2D eigenvalue weighted by Gasteiger charge is 2.11. The Labute approximate surface area is 84.6 Å². The molecule has 0 aromatic carbocycles. The van der Waals surface area contributed by atoms with E-state index in [-0.39, 0.29) is 11.9 Å². The molecule has 5 nitrogen and oxygen atoms in total. The van der Waals surface area contributed by atoms with Crippen LogP contribution in [0.2, 0.25) is 0 Å². The Bertz CT molecular complexity index is 181. The molecule has 1 amide bonds. The molecule has 0 spiro atoms. The van der Waals surface area contributed by atoms with Crippen LogP contribution in [0.4, 0.5) is 0 Å². The van der Waals surface area contributed by atoms with Gasteiger partial charge in [-0.3, -0.25) is 9.69 Å². The van der Waals surface area contributed by atoms with Gasteiger partial charge in [-0.05, 0) is 6.92 Å². The van der Waals surface area contributed by atoms with Crippen molar-refractivity contribution in [1.29, 1.82) is 0 Å². The summed E-state index contributed by atoms with van der Waals surface area (Å²) in [7, 11) is 0. The highest BCUT2D eigenvalue weighted by molar-refractivity contribution is 5.79. The summed E-state index contributed by atoms with van der Waals surface area (Å²) >= 11 is 0. The Morgan fingerprint density at radius 2 is 2.21 bits per heavy atom. The van der Waals surface area contributed by atoms with Crippen molar-refractivity contribution in [3.63, 3.8) is 0 Å². The molecule has 1 heterocycles. The second kappa shape index (κ2) is 5.95. The van der Waals surface area contributed by atoms with Crippen molar-refractivity contribution in [2.24, 2.45) is 5.73 Å². The number of amides is 1. The third kappa shape index (κ3) is 4.04. The van der Waals surface area contributed by atoms with Gasteiger partial charge in [0.1, 0.15) is 0 Å². The van der Waals surface area contributed by atoms with E-state index in [0.29, 0.717) is 0 Å². The van der Waals surface area contributed by atoms with Gasteiger partial charge in [-0.1, -0.05) is 0 Å². The van der Waals surface area contributed by atoms with Crippen molar-refractivity contribution >= 4 is 5.91 Å². The van der Waals surface area contributed by atoms with Crippen LogP contribution in [0.15, 0.2) is 0 Å². The molecular formula is C9H19N3O2. The first kappa shape index (κ1) is 11.4. The molecule has 0 aromatic heterocycles. The molecule has 1 aliphatic heterocycles. The van der Waals surface area contributed by atoms with E-state index in [2.05, 4.69) is 10.2 Å². The zero-order chi connectivity index (χ0) is 10.4. The minimum absolute atomic E-state index is 0.240. The number of nitrogens with two attached hydrogens (primary N) is 1. The third-order valence-corrected chi connectivity index (χ3v) is 2.41. The molecule has 3 N–H and O–H groups in total. The molecule has 0 radical (unpaired) electrons. The van der Waals surface area contributed by atoms with E-state index < -0.39 is 0 Å². The average molecular weight is 201 g/mol. The second-order valence-corrected chi connectivity index (χ2v) is 3.53. The van der Waals surface area contributed by atoms with Gasteiger partial charge < -0.3 is 15.8 Å². The highest BCUT2D eigenvalue weighted by atomic mass is 16.5. The fourth-order valence-corrected chi connectivity index (χ4v) is 1.36. The number of carbonyl (C=O) groups is 1. The maximum atomic E-state index is 10.7. The highest BCUT2D eigenvalue weighted by Crippen LogP contribution is 1.94. The molecule has 5 heteroatoms. The van der Waals surface area contributed by atoms with Crippen LogP contribution in [0.5, 0.6) is 0 Å². The quantitative estimate of drug-likeness (QED) is 0.585. The zero-order valence-corrected chi connectivity index (χ0v) is 8.66. The largest absolute Gasteiger partial charge is 0.379 e. The number of primary amides is 1. The van der Waals surface area contributed by atoms with Crippen LogP contribution in [0.3, 0.4) is 0 Å². The molecule has 0 saturated carbocycles. The summed E-state index contributed by atoms with van der Waals surface area (Å²) in [6.45, 7) is 7.10. The lowest BCUT2D eigenvalue weighted by Crippen LogP contribution is -2.45. The predicted molar refractivity (Wildman–Crippen MR) is 53.9 cm³/mol. The van der Waals surface area contributed by atoms with Crippen molar-refractivity contribution in [1.82, 2.24) is 10.2 Å². The number of hydrogen-bond donors (Lipinski definition) is 2. The van der Waals surface area contributed by atoms with Gasteiger partial charge in [0, 0.05) is 26.2 Å². The normalized spacial score (nSPS) is 20.6. The van der Waals surface area contributed by atoms with Gasteiger partial charge in [-0.2, -0.15) is 0 Å². The molecule has 0 bridgehead atoms. The van der Waals surface area contributed by atoms with Crippen LogP contribution in [-0.2, 0) is 9.53 Å². The molecule has 1 atom stereocenters. The van der Waals surface area contributed by atoms with Crippen molar-refractivity contribution in [3.05, 3.63) is 0 Å². The van der Waals surface area contributed by atoms with Gasteiger partial charge in [0.15, 0.2) is 0 Å². The first-order chi connectivity index (χ1) is 6.70. The first-order valence-electron chi connectivity index (χ1n) is 5.03. The van der Waals surface area contributed by atoms with Crippen molar-refractivity contribution in [2.75, 3.05) is 39.4 Å². The SMILES string of the molecule is C[C@@H](NCCN1CCOCC1)C(N)=O. The van der Waals surface area contributed by atoms with Crippen molar-refractivity contribution in [3.8, 4) is 0 Å². The Hall–Kier alpha value is -0.650. The average Bonchev–Trinajstić information content (AvgIpc) is 2.19. The van der Waals surface area contributed by atoms with E-state index in [9.17, 15) is 4.79 Å². The van der Waals surface area contributed by atoms with Crippen LogP contribution < -0.4 is 11.1 Å². The zero-order valence-electron chi connectivity index (χ0n) is 8.66. The molecular weight excluding hydrogens is 182 g/mol. The predicted octanol–water partition coefficient (Wildman–Crippen LogP) is -1.22. The number of nitrogens with zero attached hydrogens (tertiary/aromatic N) is 1. The van der Waals surface area contributed by atoms with Crippen LogP contribution in [0, 0.1) is 0 Å². The molecule has 1 aliphatic rings.